The molecule has 0 bridgehead atoms. The van der Waals surface area contributed by atoms with Crippen molar-refractivity contribution in [2.45, 2.75) is 41.0 Å². The van der Waals surface area contributed by atoms with Crippen molar-refractivity contribution in [2.24, 2.45) is 5.92 Å². The Morgan fingerprint density at radius 3 is 1.55 bits per heavy atom. The molecule has 29 heavy (non-hydrogen) atoms. The van der Waals surface area contributed by atoms with Gasteiger partial charge in [0.1, 0.15) is 23.1 Å². The second kappa shape index (κ2) is 15.4. The van der Waals surface area contributed by atoms with Crippen LogP contribution in [0, 0.1) is 5.92 Å². The monoisotopic (exact) mass is 413 g/mol. The molecule has 0 unspecified atom stereocenters. The van der Waals surface area contributed by atoms with Gasteiger partial charge in [-0.15, -0.1) is 0 Å². The SMILES string of the molecule is CCC(=O)CN(CCN(CCO)CCN(CC(C)=O)CC(=O)C(C)C)CC(C)=O. The van der Waals surface area contributed by atoms with Crippen molar-refractivity contribution in [1.82, 2.24) is 14.7 Å². The maximum atomic E-state index is 12.1. The first kappa shape index (κ1) is 27.5. The summed E-state index contributed by atoms with van der Waals surface area (Å²) < 4.78 is 0. The molecule has 0 aromatic heterocycles. The van der Waals surface area contributed by atoms with Crippen LogP contribution < -0.4 is 0 Å². The lowest BCUT2D eigenvalue weighted by Gasteiger charge is -2.29. The maximum absolute atomic E-state index is 12.1. The topological polar surface area (TPSA) is 98.2 Å². The van der Waals surface area contributed by atoms with Gasteiger partial charge < -0.3 is 5.11 Å². The van der Waals surface area contributed by atoms with Crippen molar-refractivity contribution in [3.63, 3.8) is 0 Å². The fraction of sp³-hybridized carbons (Fsp3) is 0.810. The minimum atomic E-state index is -0.0887. The third-order valence-corrected chi connectivity index (χ3v) is 4.59. The number of ketones is 4. The first-order chi connectivity index (χ1) is 13.6. The number of hydrogen-bond acceptors (Lipinski definition) is 8. The normalized spacial score (nSPS) is 11.7. The quantitative estimate of drug-likeness (QED) is 0.342. The van der Waals surface area contributed by atoms with Gasteiger partial charge in [0.25, 0.3) is 0 Å². The molecule has 0 heterocycles. The second-order valence-electron chi connectivity index (χ2n) is 7.90. The van der Waals surface area contributed by atoms with Gasteiger partial charge in [0.05, 0.1) is 32.8 Å². The second-order valence-corrected chi connectivity index (χ2v) is 7.90. The molecule has 8 heteroatoms. The van der Waals surface area contributed by atoms with Crippen molar-refractivity contribution in [2.75, 3.05) is 65.5 Å². The molecule has 0 amide bonds. The van der Waals surface area contributed by atoms with Gasteiger partial charge in [-0.1, -0.05) is 20.8 Å². The molecule has 0 aromatic carbocycles. The lowest BCUT2D eigenvalue weighted by molar-refractivity contribution is -0.125. The number of Topliss-reactive ketones (excluding diaryl/α,β-unsaturated/α-hetero) is 4. The van der Waals surface area contributed by atoms with Crippen molar-refractivity contribution in [3.05, 3.63) is 0 Å². The van der Waals surface area contributed by atoms with E-state index in [0.717, 1.165) is 0 Å². The molecule has 0 saturated carbocycles. The van der Waals surface area contributed by atoms with Crippen LogP contribution >= 0.6 is 0 Å². The average molecular weight is 414 g/mol. The molecule has 0 radical (unpaired) electrons. The van der Waals surface area contributed by atoms with Gasteiger partial charge in [-0.2, -0.15) is 0 Å². The van der Waals surface area contributed by atoms with E-state index in [1.165, 1.54) is 13.8 Å². The van der Waals surface area contributed by atoms with Gasteiger partial charge in [-0.25, -0.2) is 0 Å². The van der Waals surface area contributed by atoms with Crippen LogP contribution in [0.4, 0.5) is 0 Å². The predicted octanol–water partition coefficient (Wildman–Crippen LogP) is 0.267. The average Bonchev–Trinajstić information content (AvgIpc) is 2.62. The summed E-state index contributed by atoms with van der Waals surface area (Å²) in [7, 11) is 0. The minimum Gasteiger partial charge on any atom is -0.395 e. The van der Waals surface area contributed by atoms with Crippen LogP contribution in [-0.2, 0) is 19.2 Å². The van der Waals surface area contributed by atoms with Crippen molar-refractivity contribution >= 4 is 23.1 Å². The maximum Gasteiger partial charge on any atom is 0.149 e. The van der Waals surface area contributed by atoms with E-state index in [1.807, 2.05) is 28.5 Å². The summed E-state index contributed by atoms with van der Waals surface area (Å²) in [6.45, 7) is 12.0. The minimum absolute atomic E-state index is 0.000903. The van der Waals surface area contributed by atoms with Gasteiger partial charge in [0.15, 0.2) is 0 Å². The third-order valence-electron chi connectivity index (χ3n) is 4.59. The highest BCUT2D eigenvalue weighted by atomic mass is 16.3. The Morgan fingerprint density at radius 1 is 0.724 bits per heavy atom. The van der Waals surface area contributed by atoms with E-state index in [-0.39, 0.29) is 61.8 Å². The summed E-state index contributed by atoms with van der Waals surface area (Å²) in [5, 5.41) is 9.37. The van der Waals surface area contributed by atoms with Crippen molar-refractivity contribution < 1.29 is 24.3 Å². The van der Waals surface area contributed by atoms with Crippen LogP contribution in [0.15, 0.2) is 0 Å². The Bertz CT molecular complexity index is 536. The van der Waals surface area contributed by atoms with Crippen molar-refractivity contribution in [3.8, 4) is 0 Å². The Hall–Kier alpha value is -1.48. The molecule has 0 spiro atoms. The molecule has 1 N–H and O–H groups in total. The van der Waals surface area contributed by atoms with E-state index in [2.05, 4.69) is 0 Å². The van der Waals surface area contributed by atoms with E-state index in [4.69, 9.17) is 0 Å². The fourth-order valence-corrected chi connectivity index (χ4v) is 2.86. The molecule has 0 aliphatic heterocycles. The highest BCUT2D eigenvalue weighted by Gasteiger charge is 2.18. The van der Waals surface area contributed by atoms with Gasteiger partial charge in [-0.3, -0.25) is 33.9 Å². The van der Waals surface area contributed by atoms with Crippen LogP contribution in [-0.4, -0.2) is 108 Å². The van der Waals surface area contributed by atoms with Crippen molar-refractivity contribution in [1.29, 1.82) is 0 Å². The van der Waals surface area contributed by atoms with Gasteiger partial charge >= 0.3 is 0 Å². The molecule has 168 valence electrons. The largest absolute Gasteiger partial charge is 0.395 e. The van der Waals surface area contributed by atoms with Crippen LogP contribution in [0.2, 0.25) is 0 Å². The Balaban J connectivity index is 4.85. The molecular formula is C21H39N3O5. The Kier molecular flexibility index (Phi) is 14.6. The zero-order valence-corrected chi connectivity index (χ0v) is 18.8. The standard InChI is InChI=1S/C21H39N3O5/c1-6-20(28)15-23(13-18(4)26)9-7-22(11-12-25)8-10-24(14-19(5)27)16-21(29)17(2)3/h17,25H,6-16H2,1-5H3. The summed E-state index contributed by atoms with van der Waals surface area (Å²) in [5.74, 6) is 0.0862. The molecule has 0 aromatic rings. The number of carbonyl (C=O) groups is 4. The molecule has 0 rings (SSSR count). The van der Waals surface area contributed by atoms with E-state index in [0.29, 0.717) is 39.1 Å². The van der Waals surface area contributed by atoms with Gasteiger partial charge in [0.2, 0.25) is 0 Å². The van der Waals surface area contributed by atoms with E-state index in [1.54, 1.807) is 6.92 Å². The molecule has 8 nitrogen and oxygen atoms in total. The number of aliphatic hydroxyl groups excluding tert-OH is 1. The predicted molar refractivity (Wildman–Crippen MR) is 113 cm³/mol. The Morgan fingerprint density at radius 2 is 1.17 bits per heavy atom. The number of rotatable bonds is 18. The van der Waals surface area contributed by atoms with Crippen LogP contribution in [0.5, 0.6) is 0 Å². The first-order valence-corrected chi connectivity index (χ1v) is 10.4. The third kappa shape index (κ3) is 14.2. The van der Waals surface area contributed by atoms with Crippen LogP contribution in [0.3, 0.4) is 0 Å². The molecule has 0 aliphatic rings. The van der Waals surface area contributed by atoms with Crippen LogP contribution in [0.1, 0.15) is 41.0 Å². The van der Waals surface area contributed by atoms with E-state index >= 15 is 0 Å². The zero-order valence-electron chi connectivity index (χ0n) is 18.8. The van der Waals surface area contributed by atoms with E-state index in [9.17, 15) is 24.3 Å². The molecule has 0 saturated heterocycles. The summed E-state index contributed by atoms with van der Waals surface area (Å²) in [4.78, 5) is 52.6. The molecule has 0 fully saturated rings. The number of hydrogen-bond donors (Lipinski definition) is 1. The highest BCUT2D eigenvalue weighted by Crippen LogP contribution is 2.01. The zero-order chi connectivity index (χ0) is 22.4. The summed E-state index contributed by atoms with van der Waals surface area (Å²) in [6, 6.07) is 0. The first-order valence-electron chi connectivity index (χ1n) is 10.4. The summed E-state index contributed by atoms with van der Waals surface area (Å²) in [6.07, 6.45) is 0.429. The van der Waals surface area contributed by atoms with Gasteiger partial charge in [0, 0.05) is 45.1 Å². The lowest BCUT2D eigenvalue weighted by Crippen LogP contribution is -2.44. The molecular weight excluding hydrogens is 374 g/mol. The molecule has 0 atom stereocenters. The summed E-state index contributed by atoms with van der Waals surface area (Å²) in [5.41, 5.74) is 0. The van der Waals surface area contributed by atoms with Gasteiger partial charge in [-0.05, 0) is 13.8 Å². The number of carbonyl (C=O) groups excluding carboxylic acids is 4. The number of nitrogens with zero attached hydrogens (tertiary/aromatic N) is 3. The van der Waals surface area contributed by atoms with Crippen LogP contribution in [0.25, 0.3) is 0 Å². The fourth-order valence-electron chi connectivity index (χ4n) is 2.86. The lowest BCUT2D eigenvalue weighted by atomic mass is 10.1. The number of aliphatic hydroxyl groups is 1. The van der Waals surface area contributed by atoms with E-state index < -0.39 is 0 Å². The highest BCUT2D eigenvalue weighted by molar-refractivity contribution is 5.83. The Labute approximate surface area is 175 Å². The molecule has 0 aliphatic carbocycles. The smallest absolute Gasteiger partial charge is 0.149 e. The summed E-state index contributed by atoms with van der Waals surface area (Å²) >= 11 is 0.